The number of nitrogens with one attached hydrogen (secondary N) is 2. The van der Waals surface area contributed by atoms with Crippen LogP contribution in [0.2, 0.25) is 0 Å². The number of anilines is 2. The molecule has 0 unspecified atom stereocenters. The third kappa shape index (κ3) is 3.83. The van der Waals surface area contributed by atoms with Gasteiger partial charge in [-0.1, -0.05) is 35.5 Å². The fourth-order valence-corrected chi connectivity index (χ4v) is 7.55. The van der Waals surface area contributed by atoms with Crippen LogP contribution >= 0.6 is 0 Å². The van der Waals surface area contributed by atoms with E-state index < -0.39 is 15.4 Å². The molecule has 1 aliphatic heterocycles. The van der Waals surface area contributed by atoms with Gasteiger partial charge in [-0.15, -0.1) is 5.10 Å². The zero-order chi connectivity index (χ0) is 26.7. The minimum absolute atomic E-state index is 0.0524. The van der Waals surface area contributed by atoms with Crippen molar-refractivity contribution in [2.24, 2.45) is 13.0 Å². The van der Waals surface area contributed by atoms with Crippen molar-refractivity contribution in [3.05, 3.63) is 101 Å². The van der Waals surface area contributed by atoms with Crippen molar-refractivity contribution < 1.29 is 12.8 Å². The second-order valence-electron chi connectivity index (χ2n) is 10.1. The maximum Gasteiger partial charge on any atom is 0.264 e. The molecule has 1 aromatic heterocycles. The summed E-state index contributed by atoms with van der Waals surface area (Å²) >= 11 is 0. The van der Waals surface area contributed by atoms with E-state index in [1.54, 1.807) is 19.2 Å². The van der Waals surface area contributed by atoms with E-state index in [1.165, 1.54) is 39.1 Å². The maximum absolute atomic E-state index is 13.5. The molecule has 0 radical (unpaired) electrons. The lowest BCUT2D eigenvalue weighted by atomic mass is 9.86. The molecule has 2 N–H and O–H groups in total. The summed E-state index contributed by atoms with van der Waals surface area (Å²) in [5, 5.41) is 19.0. The van der Waals surface area contributed by atoms with Crippen LogP contribution in [0.1, 0.15) is 28.2 Å². The summed E-state index contributed by atoms with van der Waals surface area (Å²) in [6.45, 7) is 2.72. The van der Waals surface area contributed by atoms with Gasteiger partial charge in [-0.25, -0.2) is 12.8 Å². The molecule has 1 saturated heterocycles. The summed E-state index contributed by atoms with van der Waals surface area (Å²) in [4.78, 5) is 0. The molecule has 10 heteroatoms. The summed E-state index contributed by atoms with van der Waals surface area (Å²) < 4.78 is 43.2. The van der Waals surface area contributed by atoms with Crippen molar-refractivity contribution in [1.82, 2.24) is 19.3 Å². The van der Waals surface area contributed by atoms with Gasteiger partial charge >= 0.3 is 0 Å². The number of hydrogen-bond donors (Lipinski definition) is 2. The Hall–Kier alpha value is -3.89. The Morgan fingerprint density at radius 3 is 2.53 bits per heavy atom. The monoisotopic (exact) mass is 530 g/mol. The van der Waals surface area contributed by atoms with E-state index in [1.807, 2.05) is 37.3 Å². The second-order valence-corrected chi connectivity index (χ2v) is 12.0. The van der Waals surface area contributed by atoms with Crippen molar-refractivity contribution in [2.45, 2.75) is 23.3 Å². The van der Waals surface area contributed by atoms with Crippen LogP contribution in [0, 0.1) is 24.1 Å². The number of aryl methyl sites for hydroxylation is 2. The van der Waals surface area contributed by atoms with E-state index in [0.29, 0.717) is 24.3 Å². The normalized spacial score (nSPS) is 22.7. The molecule has 194 valence electrons. The molecule has 2 aliphatic rings. The number of halogens is 1. The number of rotatable bonds is 7. The van der Waals surface area contributed by atoms with Crippen molar-refractivity contribution in [2.75, 3.05) is 18.4 Å². The Morgan fingerprint density at radius 1 is 1.13 bits per heavy atom. The Kier molecular flexibility index (Phi) is 5.69. The molecule has 2 heterocycles. The topological polar surface area (TPSA) is 104 Å². The van der Waals surface area contributed by atoms with Crippen LogP contribution < -0.4 is 5.32 Å². The number of sulfonamides is 1. The summed E-state index contributed by atoms with van der Waals surface area (Å²) in [5.41, 5.74) is 4.93. The van der Waals surface area contributed by atoms with Gasteiger partial charge in [0.05, 0.1) is 6.20 Å². The zero-order valence-corrected chi connectivity index (χ0v) is 21.8. The van der Waals surface area contributed by atoms with Crippen molar-refractivity contribution >= 4 is 27.6 Å². The van der Waals surface area contributed by atoms with Crippen molar-refractivity contribution in [3.63, 3.8) is 0 Å². The van der Waals surface area contributed by atoms with Gasteiger partial charge in [0.1, 0.15) is 5.82 Å². The quantitative estimate of drug-likeness (QED) is 0.346. The molecule has 0 amide bonds. The lowest BCUT2D eigenvalue weighted by Gasteiger charge is -2.25. The maximum atomic E-state index is 13.5. The zero-order valence-electron chi connectivity index (χ0n) is 21.0. The molecule has 1 aliphatic carbocycles. The van der Waals surface area contributed by atoms with E-state index in [2.05, 4.69) is 27.8 Å². The van der Waals surface area contributed by atoms with Crippen LogP contribution in [0.25, 0.3) is 0 Å². The lowest BCUT2D eigenvalue weighted by Crippen LogP contribution is -2.35. The predicted octanol–water partition coefficient (Wildman–Crippen LogP) is 4.36. The Labute approximate surface area is 220 Å². The second kappa shape index (κ2) is 8.85. The van der Waals surface area contributed by atoms with E-state index in [9.17, 15) is 12.8 Å². The van der Waals surface area contributed by atoms with E-state index >= 15 is 0 Å². The van der Waals surface area contributed by atoms with Gasteiger partial charge in [-0.3, -0.25) is 4.68 Å². The van der Waals surface area contributed by atoms with Gasteiger partial charge in [0.15, 0.2) is 0 Å². The number of aromatic nitrogens is 3. The van der Waals surface area contributed by atoms with E-state index in [-0.39, 0.29) is 22.7 Å². The Bertz CT molecular complexity index is 1640. The van der Waals surface area contributed by atoms with Crippen molar-refractivity contribution in [1.29, 1.82) is 5.41 Å². The molecular formula is C28H27FN6O2S. The molecule has 8 nitrogen and oxygen atoms in total. The third-order valence-corrected chi connectivity index (χ3v) is 9.54. The molecule has 3 atom stereocenters. The number of nitrogens with zero attached hydrogens (tertiary/aromatic N) is 4. The number of benzene rings is 3. The van der Waals surface area contributed by atoms with Crippen LogP contribution in [0.15, 0.2) is 78.0 Å². The first-order chi connectivity index (χ1) is 18.2. The summed E-state index contributed by atoms with van der Waals surface area (Å²) in [6.07, 6.45) is 2.72. The van der Waals surface area contributed by atoms with Gasteiger partial charge in [0.25, 0.3) is 10.0 Å². The molecule has 0 spiro atoms. The summed E-state index contributed by atoms with van der Waals surface area (Å²) in [7, 11) is -2.16. The fourth-order valence-electron chi connectivity index (χ4n) is 6.12. The first-order valence-corrected chi connectivity index (χ1v) is 13.8. The molecular weight excluding hydrogens is 503 g/mol. The van der Waals surface area contributed by atoms with Crippen LogP contribution in [0.5, 0.6) is 0 Å². The van der Waals surface area contributed by atoms with Crippen LogP contribution in [0.3, 0.4) is 0 Å². The highest BCUT2D eigenvalue weighted by molar-refractivity contribution is 7.89. The Balaban J connectivity index is 1.41. The smallest absolute Gasteiger partial charge is 0.264 e. The summed E-state index contributed by atoms with van der Waals surface area (Å²) in [5.74, 6) is -0.0721. The largest absolute Gasteiger partial charge is 0.355 e. The molecule has 6 rings (SSSR count). The van der Waals surface area contributed by atoms with Gasteiger partial charge < -0.3 is 10.7 Å². The first kappa shape index (κ1) is 24.4. The number of fused-ring (bicyclic) bond motifs is 1. The molecule has 0 bridgehead atoms. The third-order valence-electron chi connectivity index (χ3n) is 7.87. The first-order valence-electron chi connectivity index (χ1n) is 12.3. The molecule has 38 heavy (non-hydrogen) atoms. The van der Waals surface area contributed by atoms with E-state index in [4.69, 9.17) is 5.41 Å². The highest BCUT2D eigenvalue weighted by Gasteiger charge is 2.71. The van der Waals surface area contributed by atoms with E-state index in [0.717, 1.165) is 16.8 Å². The van der Waals surface area contributed by atoms with Crippen LogP contribution in [0.4, 0.5) is 15.8 Å². The minimum atomic E-state index is -3.80. The Morgan fingerprint density at radius 2 is 1.87 bits per heavy atom. The average molecular weight is 531 g/mol. The lowest BCUT2D eigenvalue weighted by molar-refractivity contribution is 0.419. The highest BCUT2D eigenvalue weighted by Crippen LogP contribution is 2.70. The van der Waals surface area contributed by atoms with Crippen LogP contribution in [-0.4, -0.2) is 47.0 Å². The minimum Gasteiger partial charge on any atom is -0.355 e. The SMILES string of the molecule is Cc1cc(Nc2ccc(F)cc2)c(C=N)cc1[C@]12CN(S(=O)(=O)c3cn(C)nn3)C[C@H]1[C@@H]2c1ccccc1. The number of hydrogen-bond acceptors (Lipinski definition) is 6. The fraction of sp³-hybridized carbons (Fsp3) is 0.250. The van der Waals surface area contributed by atoms with Crippen molar-refractivity contribution in [3.8, 4) is 0 Å². The highest BCUT2D eigenvalue weighted by atomic mass is 32.2. The standard InChI is InChI=1S/C28H27FN6O2S/c1-18-12-25(31-22-10-8-21(29)9-11-22)20(14-30)13-23(18)28-17-35(38(36,37)26-16-34(2)33-32-26)15-24(28)27(28)19-6-4-3-5-7-19/h3-14,16,24,27,30-31H,15,17H2,1-2H3/t24-,27-,28+/m0/s1. The van der Waals surface area contributed by atoms with Gasteiger partial charge in [0, 0.05) is 54.6 Å². The summed E-state index contributed by atoms with van der Waals surface area (Å²) in [6, 6.07) is 20.3. The van der Waals surface area contributed by atoms with Crippen LogP contribution in [-0.2, 0) is 22.5 Å². The molecule has 2 fully saturated rings. The molecule has 4 aromatic rings. The predicted molar refractivity (Wildman–Crippen MR) is 143 cm³/mol. The van der Waals surface area contributed by atoms with Gasteiger partial charge in [-0.05, 0) is 65.9 Å². The molecule has 1 saturated carbocycles. The van der Waals surface area contributed by atoms with Gasteiger partial charge in [-0.2, -0.15) is 4.31 Å². The number of piperidine rings is 1. The molecule has 3 aromatic carbocycles. The average Bonchev–Trinajstić information content (AvgIpc) is 3.18. The van der Waals surface area contributed by atoms with Gasteiger partial charge in [0.2, 0.25) is 5.03 Å².